The van der Waals surface area contributed by atoms with Gasteiger partial charge in [-0.25, -0.2) is 0 Å². The van der Waals surface area contributed by atoms with E-state index >= 15 is 0 Å². The largest absolute Gasteiger partial charge is 0.309 e. The van der Waals surface area contributed by atoms with Crippen molar-refractivity contribution in [2.75, 3.05) is 13.6 Å². The van der Waals surface area contributed by atoms with Crippen LogP contribution in [0.15, 0.2) is 18.2 Å². The van der Waals surface area contributed by atoms with Crippen molar-refractivity contribution in [2.45, 2.75) is 33.0 Å². The number of rotatable bonds is 4. The predicted molar refractivity (Wildman–Crippen MR) is 70.6 cm³/mol. The van der Waals surface area contributed by atoms with Gasteiger partial charge in [0.05, 0.1) is 0 Å². The Morgan fingerprint density at radius 1 is 1.29 bits per heavy atom. The van der Waals surface area contributed by atoms with Crippen LogP contribution in [0, 0.1) is 11.8 Å². The highest BCUT2D eigenvalue weighted by Crippen LogP contribution is 2.38. The summed E-state index contributed by atoms with van der Waals surface area (Å²) in [5.41, 5.74) is 4.44. The van der Waals surface area contributed by atoms with Gasteiger partial charge in [-0.1, -0.05) is 25.1 Å². The van der Waals surface area contributed by atoms with Crippen molar-refractivity contribution in [1.29, 1.82) is 0 Å². The summed E-state index contributed by atoms with van der Waals surface area (Å²) in [5, 5.41) is 3.40. The quantitative estimate of drug-likeness (QED) is 0.854. The van der Waals surface area contributed by atoms with Gasteiger partial charge in [0.1, 0.15) is 0 Å². The molecule has 0 amide bonds. The first kappa shape index (κ1) is 11.2. The van der Waals surface area contributed by atoms with Gasteiger partial charge in [-0.2, -0.15) is 0 Å². The molecule has 1 fully saturated rings. The van der Waals surface area contributed by atoms with Crippen LogP contribution in [0.3, 0.4) is 0 Å². The lowest BCUT2D eigenvalue weighted by atomic mass is 10.1. The average Bonchev–Trinajstić information content (AvgIpc) is 2.79. The Morgan fingerprint density at radius 2 is 2.06 bits per heavy atom. The van der Waals surface area contributed by atoms with E-state index in [0.29, 0.717) is 0 Å². The number of hydrogen-bond acceptors (Lipinski definition) is 2. The van der Waals surface area contributed by atoms with Crippen molar-refractivity contribution < 1.29 is 0 Å². The molecule has 1 aromatic carbocycles. The molecule has 1 heterocycles. The molecule has 1 saturated carbocycles. The fraction of sp³-hybridized carbons (Fsp3) is 0.600. The molecule has 0 spiro atoms. The van der Waals surface area contributed by atoms with Crippen LogP contribution in [0.2, 0.25) is 0 Å². The Hall–Kier alpha value is -0.860. The van der Waals surface area contributed by atoms with Gasteiger partial charge in [-0.05, 0) is 42.0 Å². The summed E-state index contributed by atoms with van der Waals surface area (Å²) < 4.78 is 0. The number of nitrogens with one attached hydrogen (secondary N) is 1. The molecule has 2 heteroatoms. The highest BCUT2D eigenvalue weighted by molar-refractivity contribution is 5.34. The molecule has 1 aliphatic heterocycles. The van der Waals surface area contributed by atoms with Gasteiger partial charge in [-0.3, -0.25) is 0 Å². The van der Waals surface area contributed by atoms with Gasteiger partial charge < -0.3 is 10.2 Å². The minimum Gasteiger partial charge on any atom is -0.309 e. The zero-order valence-electron chi connectivity index (χ0n) is 10.9. The van der Waals surface area contributed by atoms with E-state index in [1.54, 1.807) is 0 Å². The molecule has 17 heavy (non-hydrogen) atoms. The molecule has 3 rings (SSSR count). The topological polar surface area (TPSA) is 15.3 Å². The van der Waals surface area contributed by atoms with Crippen molar-refractivity contribution >= 4 is 0 Å². The van der Waals surface area contributed by atoms with E-state index in [1.165, 1.54) is 29.7 Å². The third kappa shape index (κ3) is 2.53. The lowest BCUT2D eigenvalue weighted by Crippen LogP contribution is -2.21. The third-order valence-electron chi connectivity index (χ3n) is 4.18. The van der Waals surface area contributed by atoms with Crippen molar-refractivity contribution in [3.05, 3.63) is 34.9 Å². The second-order valence-corrected chi connectivity index (χ2v) is 5.88. The smallest absolute Gasteiger partial charge is 0.0230 e. The lowest BCUT2D eigenvalue weighted by Gasteiger charge is -2.17. The molecule has 2 unspecified atom stereocenters. The molecule has 2 nitrogen and oxygen atoms in total. The first-order valence-electron chi connectivity index (χ1n) is 6.72. The Balaban J connectivity index is 1.60. The third-order valence-corrected chi connectivity index (χ3v) is 4.18. The lowest BCUT2D eigenvalue weighted by molar-refractivity contribution is 0.307. The van der Waals surface area contributed by atoms with E-state index in [4.69, 9.17) is 0 Å². The molecular formula is C15H22N2. The van der Waals surface area contributed by atoms with E-state index in [9.17, 15) is 0 Å². The van der Waals surface area contributed by atoms with Crippen LogP contribution in [-0.4, -0.2) is 18.5 Å². The minimum atomic E-state index is 0.955. The standard InChI is InChI=1S/C15H22N2/c1-11-5-15(11)10-17(2)9-12-3-4-13-7-16-8-14(13)6-12/h3-4,6,11,15-16H,5,7-10H2,1-2H3. The summed E-state index contributed by atoms with van der Waals surface area (Å²) >= 11 is 0. The van der Waals surface area contributed by atoms with Crippen LogP contribution in [0.4, 0.5) is 0 Å². The van der Waals surface area contributed by atoms with Gasteiger partial charge in [0.15, 0.2) is 0 Å². The van der Waals surface area contributed by atoms with Gasteiger partial charge in [0.2, 0.25) is 0 Å². The highest BCUT2D eigenvalue weighted by atomic mass is 15.1. The van der Waals surface area contributed by atoms with Crippen molar-refractivity contribution in [3.63, 3.8) is 0 Å². The number of benzene rings is 1. The maximum atomic E-state index is 3.40. The minimum absolute atomic E-state index is 0.955. The van der Waals surface area contributed by atoms with Gasteiger partial charge in [0.25, 0.3) is 0 Å². The molecule has 2 aliphatic rings. The summed E-state index contributed by atoms with van der Waals surface area (Å²) in [6, 6.07) is 6.96. The number of nitrogens with zero attached hydrogens (tertiary/aromatic N) is 1. The van der Waals surface area contributed by atoms with E-state index < -0.39 is 0 Å². The van der Waals surface area contributed by atoms with Gasteiger partial charge in [0, 0.05) is 26.2 Å². The Kier molecular flexibility index (Phi) is 2.93. The van der Waals surface area contributed by atoms with Crippen LogP contribution in [0.5, 0.6) is 0 Å². The molecule has 1 aromatic rings. The zero-order valence-corrected chi connectivity index (χ0v) is 10.9. The molecule has 92 valence electrons. The normalized spacial score (nSPS) is 26.3. The Labute approximate surface area is 104 Å². The molecule has 0 aromatic heterocycles. The van der Waals surface area contributed by atoms with E-state index in [0.717, 1.165) is 31.5 Å². The molecule has 0 radical (unpaired) electrons. The van der Waals surface area contributed by atoms with E-state index in [1.807, 2.05) is 0 Å². The number of hydrogen-bond donors (Lipinski definition) is 1. The predicted octanol–water partition coefficient (Wildman–Crippen LogP) is 2.38. The van der Waals surface area contributed by atoms with Crippen molar-refractivity contribution in [2.24, 2.45) is 11.8 Å². The fourth-order valence-electron chi connectivity index (χ4n) is 2.88. The van der Waals surface area contributed by atoms with Crippen molar-refractivity contribution in [3.8, 4) is 0 Å². The first-order chi connectivity index (χ1) is 8.22. The summed E-state index contributed by atoms with van der Waals surface area (Å²) in [6.45, 7) is 6.81. The SMILES string of the molecule is CC1CC1CN(C)Cc1ccc2c(c1)CNC2. The maximum Gasteiger partial charge on any atom is 0.0230 e. The first-order valence-corrected chi connectivity index (χ1v) is 6.72. The van der Waals surface area contributed by atoms with Gasteiger partial charge >= 0.3 is 0 Å². The Bertz CT molecular complexity index is 413. The second kappa shape index (κ2) is 4.43. The molecule has 1 aliphatic carbocycles. The maximum absolute atomic E-state index is 3.40. The van der Waals surface area contributed by atoms with Crippen LogP contribution < -0.4 is 5.32 Å². The number of fused-ring (bicyclic) bond motifs is 1. The van der Waals surface area contributed by atoms with Gasteiger partial charge in [-0.15, -0.1) is 0 Å². The highest BCUT2D eigenvalue weighted by Gasteiger charge is 2.32. The second-order valence-electron chi connectivity index (χ2n) is 5.88. The zero-order chi connectivity index (χ0) is 11.8. The van der Waals surface area contributed by atoms with Crippen LogP contribution in [0.25, 0.3) is 0 Å². The van der Waals surface area contributed by atoms with Crippen LogP contribution >= 0.6 is 0 Å². The average molecular weight is 230 g/mol. The van der Waals surface area contributed by atoms with Crippen LogP contribution in [0.1, 0.15) is 30.0 Å². The molecular weight excluding hydrogens is 208 g/mol. The van der Waals surface area contributed by atoms with Crippen LogP contribution in [-0.2, 0) is 19.6 Å². The molecule has 0 bridgehead atoms. The molecule has 1 N–H and O–H groups in total. The Morgan fingerprint density at radius 3 is 2.82 bits per heavy atom. The molecule has 0 saturated heterocycles. The fourth-order valence-corrected chi connectivity index (χ4v) is 2.88. The summed E-state index contributed by atoms with van der Waals surface area (Å²) in [5.74, 6) is 1.91. The van der Waals surface area contributed by atoms with E-state index in [2.05, 4.69) is 42.4 Å². The summed E-state index contributed by atoms with van der Waals surface area (Å²) in [6.07, 6.45) is 1.43. The monoisotopic (exact) mass is 230 g/mol. The summed E-state index contributed by atoms with van der Waals surface area (Å²) in [4.78, 5) is 2.47. The molecule has 2 atom stereocenters. The van der Waals surface area contributed by atoms with E-state index in [-0.39, 0.29) is 0 Å². The van der Waals surface area contributed by atoms with Crippen molar-refractivity contribution in [1.82, 2.24) is 10.2 Å². The summed E-state index contributed by atoms with van der Waals surface area (Å²) in [7, 11) is 2.25.